The molecular weight excluding hydrogens is 369 g/mol. The van der Waals surface area contributed by atoms with E-state index in [9.17, 15) is 9.18 Å². The van der Waals surface area contributed by atoms with Crippen molar-refractivity contribution in [3.63, 3.8) is 0 Å². The maximum Gasteiger partial charge on any atom is 0.257 e. The van der Waals surface area contributed by atoms with Crippen LogP contribution in [0, 0.1) is 5.82 Å². The SMILES string of the molecule is O=C(c1cccnc1Nc1cccc(F)c1)N1CCC(Oc2ccccc2)CC1. The number of pyridine rings is 1. The van der Waals surface area contributed by atoms with Crippen molar-refractivity contribution in [3.8, 4) is 5.75 Å². The van der Waals surface area contributed by atoms with Crippen molar-refractivity contribution in [3.05, 3.63) is 84.3 Å². The average molecular weight is 391 g/mol. The third-order valence-electron chi connectivity index (χ3n) is 4.90. The maximum absolute atomic E-state index is 13.5. The molecular formula is C23H22FN3O2. The third-order valence-corrected chi connectivity index (χ3v) is 4.90. The minimum atomic E-state index is -0.348. The average Bonchev–Trinajstić information content (AvgIpc) is 2.75. The van der Waals surface area contributed by atoms with Crippen LogP contribution < -0.4 is 10.1 Å². The molecule has 1 amide bonds. The number of piperidine rings is 1. The van der Waals surface area contributed by atoms with Crippen molar-refractivity contribution in [1.29, 1.82) is 0 Å². The molecule has 0 atom stereocenters. The number of para-hydroxylation sites is 1. The summed E-state index contributed by atoms with van der Waals surface area (Å²) in [5.41, 5.74) is 1.02. The van der Waals surface area contributed by atoms with Gasteiger partial charge in [0.2, 0.25) is 0 Å². The molecule has 1 aliphatic rings. The van der Waals surface area contributed by atoms with Gasteiger partial charge in [0.05, 0.1) is 5.56 Å². The molecule has 0 spiro atoms. The zero-order valence-corrected chi connectivity index (χ0v) is 15.9. The number of carbonyl (C=O) groups excluding carboxylic acids is 1. The van der Waals surface area contributed by atoms with Crippen LogP contribution in [0.1, 0.15) is 23.2 Å². The fourth-order valence-electron chi connectivity index (χ4n) is 3.42. The van der Waals surface area contributed by atoms with Gasteiger partial charge < -0.3 is 15.0 Å². The molecule has 1 saturated heterocycles. The number of benzene rings is 2. The Hall–Kier alpha value is -3.41. The highest BCUT2D eigenvalue weighted by Gasteiger charge is 2.26. The Balaban J connectivity index is 1.41. The first-order chi connectivity index (χ1) is 14.2. The van der Waals surface area contributed by atoms with E-state index in [0.29, 0.717) is 30.2 Å². The first-order valence-electron chi connectivity index (χ1n) is 9.67. The van der Waals surface area contributed by atoms with E-state index in [4.69, 9.17) is 4.74 Å². The second-order valence-corrected chi connectivity index (χ2v) is 6.96. The Bertz CT molecular complexity index is 973. The van der Waals surface area contributed by atoms with Gasteiger partial charge in [-0.05, 0) is 42.5 Å². The van der Waals surface area contributed by atoms with Crippen LogP contribution in [-0.2, 0) is 0 Å². The molecule has 6 heteroatoms. The lowest BCUT2D eigenvalue weighted by atomic mass is 10.1. The van der Waals surface area contributed by atoms with Crippen molar-refractivity contribution in [2.45, 2.75) is 18.9 Å². The number of rotatable bonds is 5. The number of ether oxygens (including phenoxy) is 1. The molecule has 0 radical (unpaired) electrons. The van der Waals surface area contributed by atoms with Gasteiger partial charge in [0.25, 0.3) is 5.91 Å². The molecule has 4 rings (SSSR count). The van der Waals surface area contributed by atoms with Gasteiger partial charge in [-0.1, -0.05) is 24.3 Å². The molecule has 148 valence electrons. The van der Waals surface area contributed by atoms with Crippen molar-refractivity contribution < 1.29 is 13.9 Å². The molecule has 1 aromatic heterocycles. The van der Waals surface area contributed by atoms with Crippen LogP contribution >= 0.6 is 0 Å². The zero-order chi connectivity index (χ0) is 20.1. The topological polar surface area (TPSA) is 54.5 Å². The van der Waals surface area contributed by atoms with Crippen molar-refractivity contribution in [2.24, 2.45) is 0 Å². The van der Waals surface area contributed by atoms with E-state index in [0.717, 1.165) is 18.6 Å². The number of likely N-dealkylation sites (tertiary alicyclic amines) is 1. The van der Waals surface area contributed by atoms with Crippen molar-refractivity contribution in [2.75, 3.05) is 18.4 Å². The van der Waals surface area contributed by atoms with Gasteiger partial charge in [-0.25, -0.2) is 9.37 Å². The van der Waals surface area contributed by atoms with E-state index in [2.05, 4.69) is 10.3 Å². The van der Waals surface area contributed by atoms with E-state index in [1.165, 1.54) is 12.1 Å². The summed E-state index contributed by atoms with van der Waals surface area (Å²) in [7, 11) is 0. The van der Waals surface area contributed by atoms with Crippen LogP contribution in [0.15, 0.2) is 72.9 Å². The highest BCUT2D eigenvalue weighted by molar-refractivity contribution is 5.99. The van der Waals surface area contributed by atoms with E-state index in [1.807, 2.05) is 35.2 Å². The molecule has 1 N–H and O–H groups in total. The first-order valence-corrected chi connectivity index (χ1v) is 9.67. The first kappa shape index (κ1) is 18.9. The van der Waals surface area contributed by atoms with Gasteiger partial charge in [-0.2, -0.15) is 0 Å². The van der Waals surface area contributed by atoms with Gasteiger partial charge in [0, 0.05) is 37.8 Å². The Morgan fingerprint density at radius 3 is 2.59 bits per heavy atom. The van der Waals surface area contributed by atoms with Gasteiger partial charge >= 0.3 is 0 Å². The molecule has 0 aliphatic carbocycles. The number of carbonyl (C=O) groups is 1. The molecule has 0 unspecified atom stereocenters. The second kappa shape index (κ2) is 8.73. The predicted octanol–water partition coefficient (Wildman–Crippen LogP) is 4.65. The number of aromatic nitrogens is 1. The molecule has 0 bridgehead atoms. The van der Waals surface area contributed by atoms with Gasteiger partial charge in [0.1, 0.15) is 23.5 Å². The van der Waals surface area contributed by atoms with Crippen LogP contribution in [0.3, 0.4) is 0 Å². The maximum atomic E-state index is 13.5. The Labute approximate surface area is 169 Å². The minimum Gasteiger partial charge on any atom is -0.490 e. The normalized spacial score (nSPS) is 14.4. The van der Waals surface area contributed by atoms with Crippen LogP contribution in [0.25, 0.3) is 0 Å². The monoisotopic (exact) mass is 391 g/mol. The standard InChI is InChI=1S/C23H22FN3O2/c24-17-6-4-7-18(16-17)26-22-21(10-5-13-25-22)23(28)27-14-11-20(12-15-27)29-19-8-2-1-3-9-19/h1-10,13,16,20H,11-12,14-15H2,(H,25,26). The molecule has 2 heterocycles. The molecule has 1 aliphatic heterocycles. The van der Waals surface area contributed by atoms with Crippen molar-refractivity contribution >= 4 is 17.4 Å². The van der Waals surface area contributed by atoms with E-state index < -0.39 is 0 Å². The fourth-order valence-corrected chi connectivity index (χ4v) is 3.42. The number of halogens is 1. The number of nitrogens with zero attached hydrogens (tertiary/aromatic N) is 2. The van der Waals surface area contributed by atoms with Gasteiger partial charge in [-0.15, -0.1) is 0 Å². The summed E-state index contributed by atoms with van der Waals surface area (Å²) in [6.07, 6.45) is 3.25. The molecule has 5 nitrogen and oxygen atoms in total. The Morgan fingerprint density at radius 2 is 1.83 bits per heavy atom. The summed E-state index contributed by atoms with van der Waals surface area (Å²) in [4.78, 5) is 19.2. The highest BCUT2D eigenvalue weighted by Crippen LogP contribution is 2.23. The summed E-state index contributed by atoms with van der Waals surface area (Å²) >= 11 is 0. The minimum absolute atomic E-state index is 0.0878. The molecule has 3 aromatic rings. The van der Waals surface area contributed by atoms with E-state index in [1.54, 1.807) is 30.5 Å². The fraction of sp³-hybridized carbons (Fsp3) is 0.217. The van der Waals surface area contributed by atoms with Crippen LogP contribution in [0.4, 0.5) is 15.9 Å². The van der Waals surface area contributed by atoms with Crippen LogP contribution in [0.2, 0.25) is 0 Å². The molecule has 0 saturated carbocycles. The largest absolute Gasteiger partial charge is 0.490 e. The lowest BCUT2D eigenvalue weighted by Crippen LogP contribution is -2.42. The zero-order valence-electron chi connectivity index (χ0n) is 15.9. The Kier molecular flexibility index (Phi) is 5.70. The van der Waals surface area contributed by atoms with Crippen molar-refractivity contribution in [1.82, 2.24) is 9.88 Å². The summed E-state index contributed by atoms with van der Waals surface area (Å²) in [5.74, 6) is 0.839. The van der Waals surface area contributed by atoms with Gasteiger partial charge in [-0.3, -0.25) is 4.79 Å². The predicted molar refractivity (Wildman–Crippen MR) is 110 cm³/mol. The number of hydrogen-bond acceptors (Lipinski definition) is 4. The van der Waals surface area contributed by atoms with Crippen LogP contribution in [-0.4, -0.2) is 35.0 Å². The molecule has 29 heavy (non-hydrogen) atoms. The lowest BCUT2D eigenvalue weighted by Gasteiger charge is -2.32. The third kappa shape index (κ3) is 4.71. The summed E-state index contributed by atoms with van der Waals surface area (Å²) in [6.45, 7) is 1.23. The molecule has 2 aromatic carbocycles. The van der Waals surface area contributed by atoms with Gasteiger partial charge in [0.15, 0.2) is 0 Å². The number of anilines is 2. The van der Waals surface area contributed by atoms with Crippen LogP contribution in [0.5, 0.6) is 5.75 Å². The summed E-state index contributed by atoms with van der Waals surface area (Å²) in [5, 5.41) is 3.05. The smallest absolute Gasteiger partial charge is 0.257 e. The summed E-state index contributed by atoms with van der Waals surface area (Å²) < 4.78 is 19.5. The summed E-state index contributed by atoms with van der Waals surface area (Å²) in [6, 6.07) is 19.3. The number of amides is 1. The van der Waals surface area contributed by atoms with E-state index >= 15 is 0 Å². The number of nitrogens with one attached hydrogen (secondary N) is 1. The number of hydrogen-bond donors (Lipinski definition) is 1. The highest BCUT2D eigenvalue weighted by atomic mass is 19.1. The van der Waals surface area contributed by atoms with E-state index in [-0.39, 0.29) is 17.8 Å². The second-order valence-electron chi connectivity index (χ2n) is 6.96. The quantitative estimate of drug-likeness (QED) is 0.688. The Morgan fingerprint density at radius 1 is 1.03 bits per heavy atom. The molecule has 1 fully saturated rings. The lowest BCUT2D eigenvalue weighted by molar-refractivity contribution is 0.0596.